The van der Waals surface area contributed by atoms with Crippen molar-refractivity contribution in [1.29, 1.82) is 0 Å². The van der Waals surface area contributed by atoms with Crippen LogP contribution in [0.2, 0.25) is 0 Å². The largest absolute Gasteiger partial charge is 0.312 e. The highest BCUT2D eigenvalue weighted by atomic mass is 32.2. The molecule has 3 heteroatoms. The van der Waals surface area contributed by atoms with Crippen LogP contribution < -0.4 is 5.32 Å². The van der Waals surface area contributed by atoms with Gasteiger partial charge in [0.05, 0.1) is 5.25 Å². The van der Waals surface area contributed by atoms with E-state index in [1.165, 1.54) is 11.1 Å². The quantitative estimate of drug-likeness (QED) is 0.836. The van der Waals surface area contributed by atoms with Gasteiger partial charge in [0.2, 0.25) is 0 Å². The van der Waals surface area contributed by atoms with Crippen LogP contribution in [0.4, 0.5) is 0 Å². The Morgan fingerprint density at radius 3 is 2.88 bits per heavy atom. The number of fused-ring (bicyclic) bond motifs is 1. The highest BCUT2D eigenvalue weighted by molar-refractivity contribution is 7.85. The lowest BCUT2D eigenvalue weighted by Crippen LogP contribution is -2.33. The summed E-state index contributed by atoms with van der Waals surface area (Å²) in [5, 5.41) is 3.63. The lowest BCUT2D eigenvalue weighted by molar-refractivity contribution is 0.531. The second kappa shape index (κ2) is 5.78. The number of aryl methyl sites for hydroxylation is 1. The van der Waals surface area contributed by atoms with E-state index < -0.39 is 10.8 Å². The second-order valence-corrected chi connectivity index (χ2v) is 6.51. The van der Waals surface area contributed by atoms with Crippen molar-refractivity contribution in [2.75, 3.05) is 12.8 Å². The summed E-state index contributed by atoms with van der Waals surface area (Å²) in [4.78, 5) is 0. The molecule has 94 valence electrons. The summed E-state index contributed by atoms with van der Waals surface area (Å²) < 4.78 is 12.2. The number of hydrogen-bond acceptors (Lipinski definition) is 2. The molecule has 0 saturated carbocycles. The molecule has 0 saturated heterocycles. The number of rotatable bonds is 3. The molecule has 0 bridgehead atoms. The monoisotopic (exact) mass is 251 g/mol. The van der Waals surface area contributed by atoms with Gasteiger partial charge in [0.15, 0.2) is 0 Å². The molecule has 0 amide bonds. The van der Waals surface area contributed by atoms with E-state index in [4.69, 9.17) is 0 Å². The fourth-order valence-electron chi connectivity index (χ4n) is 2.76. The van der Waals surface area contributed by atoms with Gasteiger partial charge in [-0.2, -0.15) is 0 Å². The van der Waals surface area contributed by atoms with Gasteiger partial charge in [0.1, 0.15) is 0 Å². The van der Waals surface area contributed by atoms with Crippen molar-refractivity contribution in [3.8, 4) is 0 Å². The lowest BCUT2D eigenvalue weighted by Gasteiger charge is -2.25. The van der Waals surface area contributed by atoms with Gasteiger partial charge in [-0.1, -0.05) is 31.2 Å². The van der Waals surface area contributed by atoms with E-state index in [1.807, 2.05) is 14.0 Å². The molecule has 0 spiro atoms. The third kappa shape index (κ3) is 2.61. The van der Waals surface area contributed by atoms with Gasteiger partial charge >= 0.3 is 0 Å². The topological polar surface area (TPSA) is 29.1 Å². The van der Waals surface area contributed by atoms with Gasteiger partial charge in [-0.05, 0) is 37.4 Å². The smallest absolute Gasteiger partial charge is 0.0542 e. The third-order valence-electron chi connectivity index (χ3n) is 3.63. The van der Waals surface area contributed by atoms with Gasteiger partial charge in [-0.15, -0.1) is 0 Å². The van der Waals surface area contributed by atoms with E-state index in [2.05, 4.69) is 29.6 Å². The van der Waals surface area contributed by atoms with Crippen LogP contribution in [0.5, 0.6) is 0 Å². The molecule has 17 heavy (non-hydrogen) atoms. The zero-order valence-corrected chi connectivity index (χ0v) is 11.4. The average molecular weight is 251 g/mol. The van der Waals surface area contributed by atoms with Crippen molar-refractivity contribution >= 4 is 10.8 Å². The Morgan fingerprint density at radius 1 is 1.41 bits per heavy atom. The first-order valence-corrected chi connectivity index (χ1v) is 7.78. The van der Waals surface area contributed by atoms with Crippen LogP contribution in [0.1, 0.15) is 36.9 Å². The average Bonchev–Trinajstić information content (AvgIpc) is 2.56. The summed E-state index contributed by atoms with van der Waals surface area (Å²) >= 11 is 0. The van der Waals surface area contributed by atoms with Crippen LogP contribution in [-0.2, 0) is 17.2 Å². The molecule has 1 aliphatic rings. The highest BCUT2D eigenvalue weighted by Gasteiger charge is 2.29. The molecule has 2 nitrogen and oxygen atoms in total. The maximum Gasteiger partial charge on any atom is 0.0542 e. The molecule has 0 radical (unpaired) electrons. The molecule has 1 N–H and O–H groups in total. The first-order valence-electron chi connectivity index (χ1n) is 6.40. The molecule has 0 fully saturated rings. The van der Waals surface area contributed by atoms with Crippen LogP contribution in [0.15, 0.2) is 24.3 Å². The van der Waals surface area contributed by atoms with Crippen LogP contribution in [0, 0.1) is 0 Å². The Kier molecular flexibility index (Phi) is 4.35. The van der Waals surface area contributed by atoms with E-state index in [-0.39, 0.29) is 11.3 Å². The zero-order valence-electron chi connectivity index (χ0n) is 10.6. The maximum atomic E-state index is 12.2. The minimum Gasteiger partial charge on any atom is -0.312 e. The first-order chi connectivity index (χ1) is 8.27. The Labute approximate surface area is 106 Å². The standard InChI is InChI=1S/C14H21NOS/c1-3-17(16)13-10-6-8-11-7-4-5-9-12(11)14(13)15-2/h4-5,7,9,13-15H,3,6,8,10H2,1-2H3. The van der Waals surface area contributed by atoms with Crippen molar-refractivity contribution in [3.63, 3.8) is 0 Å². The van der Waals surface area contributed by atoms with E-state index in [0.29, 0.717) is 0 Å². The first kappa shape index (κ1) is 12.8. The Morgan fingerprint density at radius 2 is 2.18 bits per heavy atom. The molecule has 1 aliphatic carbocycles. The predicted octanol–water partition coefficient (Wildman–Crippen LogP) is 2.42. The summed E-state index contributed by atoms with van der Waals surface area (Å²) in [5.74, 6) is 0.755. The Hall–Kier alpha value is -0.670. The van der Waals surface area contributed by atoms with Crippen molar-refractivity contribution in [1.82, 2.24) is 5.32 Å². The van der Waals surface area contributed by atoms with Gasteiger partial charge in [-0.3, -0.25) is 4.21 Å². The van der Waals surface area contributed by atoms with Crippen LogP contribution in [0.25, 0.3) is 0 Å². The molecule has 1 aromatic carbocycles. The number of hydrogen-bond donors (Lipinski definition) is 1. The van der Waals surface area contributed by atoms with Gasteiger partial charge in [0.25, 0.3) is 0 Å². The predicted molar refractivity (Wildman–Crippen MR) is 73.7 cm³/mol. The van der Waals surface area contributed by atoms with Crippen molar-refractivity contribution < 1.29 is 4.21 Å². The fraction of sp³-hybridized carbons (Fsp3) is 0.571. The SMILES string of the molecule is CCS(=O)C1CCCc2ccccc2C1NC. The molecule has 2 rings (SSSR count). The van der Waals surface area contributed by atoms with Crippen molar-refractivity contribution in [2.45, 2.75) is 37.5 Å². The highest BCUT2D eigenvalue weighted by Crippen LogP contribution is 2.31. The Bertz CT molecular complexity index is 405. The second-order valence-electron chi connectivity index (χ2n) is 4.57. The summed E-state index contributed by atoms with van der Waals surface area (Å²) in [6, 6.07) is 8.82. The van der Waals surface area contributed by atoms with Crippen LogP contribution in [-0.4, -0.2) is 22.3 Å². The van der Waals surface area contributed by atoms with Crippen LogP contribution in [0.3, 0.4) is 0 Å². The molecular formula is C14H21NOS. The van der Waals surface area contributed by atoms with E-state index >= 15 is 0 Å². The molecule has 0 heterocycles. The molecular weight excluding hydrogens is 230 g/mol. The van der Waals surface area contributed by atoms with Crippen molar-refractivity contribution in [2.24, 2.45) is 0 Å². The summed E-state index contributed by atoms with van der Waals surface area (Å²) in [5.41, 5.74) is 2.77. The fourth-order valence-corrected chi connectivity index (χ4v) is 4.21. The normalized spacial score (nSPS) is 26.0. The van der Waals surface area contributed by atoms with Gasteiger partial charge in [-0.25, -0.2) is 0 Å². The summed E-state index contributed by atoms with van der Waals surface area (Å²) in [7, 11) is 1.25. The number of nitrogens with one attached hydrogen (secondary N) is 1. The lowest BCUT2D eigenvalue weighted by atomic mass is 9.99. The molecule has 0 aromatic heterocycles. The Balaban J connectivity index is 2.37. The minimum atomic E-state index is -0.724. The van der Waals surface area contributed by atoms with E-state index in [0.717, 1.165) is 25.0 Å². The molecule has 3 atom stereocenters. The molecule has 0 aliphatic heterocycles. The summed E-state index contributed by atoms with van der Waals surface area (Å²) in [6.07, 6.45) is 3.32. The summed E-state index contributed by atoms with van der Waals surface area (Å²) in [6.45, 7) is 2.01. The third-order valence-corrected chi connectivity index (χ3v) is 5.38. The number of benzene rings is 1. The maximum absolute atomic E-state index is 12.2. The molecule has 1 aromatic rings. The van der Waals surface area contributed by atoms with Gasteiger partial charge in [0, 0.05) is 22.6 Å². The van der Waals surface area contributed by atoms with E-state index in [1.54, 1.807) is 0 Å². The van der Waals surface area contributed by atoms with Crippen molar-refractivity contribution in [3.05, 3.63) is 35.4 Å². The zero-order chi connectivity index (χ0) is 12.3. The van der Waals surface area contributed by atoms with Gasteiger partial charge < -0.3 is 5.32 Å². The van der Waals surface area contributed by atoms with Crippen LogP contribution >= 0.6 is 0 Å². The minimum absolute atomic E-state index is 0.245. The van der Waals surface area contributed by atoms with E-state index in [9.17, 15) is 4.21 Å². The molecule has 3 unspecified atom stereocenters.